The zero-order valence-corrected chi connectivity index (χ0v) is 19.7. The van der Waals surface area contributed by atoms with Crippen LogP contribution in [0.4, 0.5) is 24.5 Å². The van der Waals surface area contributed by atoms with E-state index in [1.807, 2.05) is 0 Å². The zero-order valence-electron chi connectivity index (χ0n) is 17.3. The molecule has 1 aliphatic heterocycles. The number of anilines is 2. The van der Waals surface area contributed by atoms with Crippen LogP contribution in [0.25, 0.3) is 0 Å². The smallest absolute Gasteiger partial charge is 0.321 e. The van der Waals surface area contributed by atoms with Crippen LogP contribution in [0, 0.1) is 0 Å². The molecular formula is C24H16BrF3N2O3S. The van der Waals surface area contributed by atoms with Crippen LogP contribution in [0.5, 0.6) is 0 Å². The maximum absolute atomic E-state index is 13.3. The van der Waals surface area contributed by atoms with E-state index in [4.69, 9.17) is 0 Å². The number of rotatable bonds is 5. The zero-order chi connectivity index (χ0) is 24.5. The van der Waals surface area contributed by atoms with Crippen molar-refractivity contribution in [2.45, 2.75) is 22.7 Å². The fourth-order valence-corrected chi connectivity index (χ4v) is 4.94. The maximum Gasteiger partial charge on any atom is 0.418 e. The molecule has 5 nitrogen and oxygen atoms in total. The molecule has 1 atom stereocenters. The molecule has 0 aromatic heterocycles. The van der Waals surface area contributed by atoms with E-state index in [-0.39, 0.29) is 23.6 Å². The van der Waals surface area contributed by atoms with Crippen molar-refractivity contribution < 1.29 is 27.6 Å². The van der Waals surface area contributed by atoms with Crippen LogP contribution in [-0.4, -0.2) is 23.0 Å². The van der Waals surface area contributed by atoms with Crippen molar-refractivity contribution in [1.82, 2.24) is 0 Å². The van der Waals surface area contributed by atoms with Crippen molar-refractivity contribution in [1.29, 1.82) is 0 Å². The largest absolute Gasteiger partial charge is 0.418 e. The number of halogens is 4. The SMILES string of the molecule is O=C(Nc1ccccc1C(F)(F)F)c1ccccc1S[C@H]1CC(=O)N(c2ccc(Br)cc2)C1=O. The Kier molecular flexibility index (Phi) is 6.81. The minimum atomic E-state index is -4.63. The molecule has 0 unspecified atom stereocenters. The van der Waals surface area contributed by atoms with Crippen LogP contribution in [0.15, 0.2) is 82.2 Å². The number of nitrogens with zero attached hydrogens (tertiary/aromatic N) is 1. The number of alkyl halides is 3. The van der Waals surface area contributed by atoms with Gasteiger partial charge < -0.3 is 5.32 Å². The third-order valence-corrected chi connectivity index (χ3v) is 6.86. The van der Waals surface area contributed by atoms with Crippen LogP contribution in [-0.2, 0) is 15.8 Å². The Hall–Kier alpha value is -3.11. The second-order valence-corrected chi connectivity index (χ2v) is 9.51. The Morgan fingerprint density at radius 3 is 2.32 bits per heavy atom. The van der Waals surface area contributed by atoms with Crippen LogP contribution >= 0.6 is 27.7 Å². The number of amides is 3. The fourth-order valence-electron chi connectivity index (χ4n) is 3.50. The molecule has 3 aromatic carbocycles. The molecule has 0 saturated carbocycles. The Morgan fingerprint density at radius 2 is 1.62 bits per heavy atom. The summed E-state index contributed by atoms with van der Waals surface area (Å²) < 4.78 is 40.7. The van der Waals surface area contributed by atoms with Crippen molar-refractivity contribution in [3.8, 4) is 0 Å². The van der Waals surface area contributed by atoms with Gasteiger partial charge in [-0.3, -0.25) is 14.4 Å². The van der Waals surface area contributed by atoms with Gasteiger partial charge in [0.05, 0.1) is 27.8 Å². The van der Waals surface area contributed by atoms with Gasteiger partial charge in [-0.05, 0) is 48.5 Å². The average Bonchev–Trinajstić information content (AvgIpc) is 3.07. The predicted molar refractivity (Wildman–Crippen MR) is 127 cm³/mol. The summed E-state index contributed by atoms with van der Waals surface area (Å²) in [5.74, 6) is -1.54. The monoisotopic (exact) mass is 548 g/mol. The van der Waals surface area contributed by atoms with Gasteiger partial charge in [0, 0.05) is 15.8 Å². The summed E-state index contributed by atoms with van der Waals surface area (Å²) in [5.41, 5.74) is -0.786. The van der Waals surface area contributed by atoms with Crippen LogP contribution in [0.3, 0.4) is 0 Å². The first-order valence-corrected chi connectivity index (χ1v) is 11.7. The molecule has 0 aliphatic carbocycles. The number of para-hydroxylation sites is 1. The molecule has 4 rings (SSSR count). The predicted octanol–water partition coefficient (Wildman–Crippen LogP) is 6.14. The van der Waals surface area contributed by atoms with Gasteiger partial charge >= 0.3 is 6.18 Å². The molecule has 1 N–H and O–H groups in total. The summed E-state index contributed by atoms with van der Waals surface area (Å²) >= 11 is 4.34. The molecular weight excluding hydrogens is 533 g/mol. The molecule has 0 radical (unpaired) electrons. The summed E-state index contributed by atoms with van der Waals surface area (Å²) in [5, 5.41) is 1.55. The first-order valence-electron chi connectivity index (χ1n) is 10.0. The Labute approximate surface area is 205 Å². The van der Waals surface area contributed by atoms with E-state index in [0.29, 0.717) is 10.6 Å². The lowest BCUT2D eigenvalue weighted by Gasteiger charge is -2.16. The number of benzene rings is 3. The third-order valence-electron chi connectivity index (χ3n) is 5.07. The van der Waals surface area contributed by atoms with E-state index in [2.05, 4.69) is 21.2 Å². The Bertz CT molecular complexity index is 1260. The quantitative estimate of drug-likeness (QED) is 0.388. The lowest BCUT2D eigenvalue weighted by atomic mass is 10.1. The summed E-state index contributed by atoms with van der Waals surface area (Å²) in [6.45, 7) is 0. The molecule has 0 spiro atoms. The fraction of sp³-hybridized carbons (Fsp3) is 0.125. The minimum absolute atomic E-state index is 0.0631. The van der Waals surface area contributed by atoms with Crippen molar-refractivity contribution in [3.05, 3.63) is 88.4 Å². The lowest BCUT2D eigenvalue weighted by molar-refractivity contribution is -0.137. The van der Waals surface area contributed by atoms with E-state index >= 15 is 0 Å². The van der Waals surface area contributed by atoms with E-state index in [1.54, 1.807) is 42.5 Å². The number of hydrogen-bond acceptors (Lipinski definition) is 4. The Balaban J connectivity index is 1.56. The highest BCUT2D eigenvalue weighted by Crippen LogP contribution is 2.37. The van der Waals surface area contributed by atoms with Crippen molar-refractivity contribution in [2.75, 3.05) is 10.2 Å². The number of nitrogens with one attached hydrogen (secondary N) is 1. The molecule has 1 aliphatic rings. The van der Waals surface area contributed by atoms with Crippen LogP contribution in [0.2, 0.25) is 0 Å². The number of hydrogen-bond donors (Lipinski definition) is 1. The summed E-state index contributed by atoms with van der Waals surface area (Å²) in [7, 11) is 0. The van der Waals surface area contributed by atoms with Gasteiger partial charge in [0.2, 0.25) is 11.8 Å². The number of imide groups is 1. The van der Waals surface area contributed by atoms with Crippen LogP contribution in [0.1, 0.15) is 22.3 Å². The summed E-state index contributed by atoms with van der Waals surface area (Å²) in [6.07, 6.45) is -4.70. The number of thioether (sulfide) groups is 1. The molecule has 3 aromatic rings. The van der Waals surface area contributed by atoms with Gasteiger partial charge in [0.15, 0.2) is 0 Å². The van der Waals surface area contributed by atoms with Gasteiger partial charge in [0.1, 0.15) is 0 Å². The highest BCUT2D eigenvalue weighted by molar-refractivity contribution is 9.10. The molecule has 1 fully saturated rings. The first kappa shape index (κ1) is 24.0. The minimum Gasteiger partial charge on any atom is -0.321 e. The number of carbonyl (C=O) groups excluding carboxylic acids is 3. The third kappa shape index (κ3) is 5.02. The maximum atomic E-state index is 13.3. The van der Waals surface area contributed by atoms with Crippen LogP contribution < -0.4 is 10.2 Å². The lowest BCUT2D eigenvalue weighted by Crippen LogP contribution is -2.31. The Morgan fingerprint density at radius 1 is 0.971 bits per heavy atom. The van der Waals surface area contributed by atoms with Crippen molar-refractivity contribution in [2.24, 2.45) is 0 Å². The molecule has 34 heavy (non-hydrogen) atoms. The van der Waals surface area contributed by atoms with Gasteiger partial charge in [-0.25, -0.2) is 4.90 Å². The molecule has 1 heterocycles. The second-order valence-electron chi connectivity index (χ2n) is 7.35. The topological polar surface area (TPSA) is 66.5 Å². The normalized spacial score (nSPS) is 16.1. The van der Waals surface area contributed by atoms with Crippen molar-refractivity contribution >= 4 is 56.8 Å². The van der Waals surface area contributed by atoms with Gasteiger partial charge in [0.25, 0.3) is 5.91 Å². The molecule has 10 heteroatoms. The van der Waals surface area contributed by atoms with Gasteiger partial charge in [-0.2, -0.15) is 13.2 Å². The summed E-state index contributed by atoms with van der Waals surface area (Å²) in [6, 6.07) is 17.7. The van der Waals surface area contributed by atoms with Gasteiger partial charge in [-0.1, -0.05) is 40.2 Å². The molecule has 1 saturated heterocycles. The van der Waals surface area contributed by atoms with E-state index in [1.165, 1.54) is 24.3 Å². The molecule has 0 bridgehead atoms. The highest BCUT2D eigenvalue weighted by atomic mass is 79.9. The average molecular weight is 549 g/mol. The van der Waals surface area contributed by atoms with E-state index < -0.39 is 28.8 Å². The molecule has 174 valence electrons. The second kappa shape index (κ2) is 9.63. The highest BCUT2D eigenvalue weighted by Gasteiger charge is 2.40. The summed E-state index contributed by atoms with van der Waals surface area (Å²) in [4.78, 5) is 39.9. The number of carbonyl (C=O) groups is 3. The standard InChI is InChI=1S/C24H16BrF3N2O3S/c25-14-9-11-15(12-10-14)30-21(31)13-20(23(30)33)34-19-8-4-1-5-16(19)22(32)29-18-7-3-2-6-17(18)24(26,27)28/h1-12,20H,13H2,(H,29,32)/t20-/m0/s1. The van der Waals surface area contributed by atoms with E-state index in [9.17, 15) is 27.6 Å². The molecule has 3 amide bonds. The first-order chi connectivity index (χ1) is 16.1. The van der Waals surface area contributed by atoms with Crippen molar-refractivity contribution in [3.63, 3.8) is 0 Å². The van der Waals surface area contributed by atoms with Gasteiger partial charge in [-0.15, -0.1) is 11.8 Å². The van der Waals surface area contributed by atoms with E-state index in [0.717, 1.165) is 27.2 Å².